The standard InChI is InChI=1S/C22H16BrClN4/c1-13-9-19-17(11-18(13)23)22(27-21(26-19)15-3-2-7-25-12-15)28-8-6-14-10-16(24)4-5-20(14)28/h2-5,7,9-12H,6,8H2,1H3. The Kier molecular flexibility index (Phi) is 4.29. The van der Waals surface area contributed by atoms with Crippen molar-refractivity contribution in [1.82, 2.24) is 15.0 Å². The summed E-state index contributed by atoms with van der Waals surface area (Å²) in [5.41, 5.74) is 5.36. The Bertz CT molecular complexity index is 1210. The van der Waals surface area contributed by atoms with Crippen molar-refractivity contribution < 1.29 is 0 Å². The van der Waals surface area contributed by atoms with Crippen LogP contribution in [0.3, 0.4) is 0 Å². The van der Waals surface area contributed by atoms with Gasteiger partial charge < -0.3 is 4.90 Å². The van der Waals surface area contributed by atoms with Crippen LogP contribution in [0, 0.1) is 6.92 Å². The van der Waals surface area contributed by atoms with Gasteiger partial charge in [0.1, 0.15) is 5.82 Å². The number of halogens is 2. The van der Waals surface area contributed by atoms with Gasteiger partial charge in [-0.1, -0.05) is 27.5 Å². The molecule has 0 saturated carbocycles. The Morgan fingerprint density at radius 1 is 1.11 bits per heavy atom. The van der Waals surface area contributed by atoms with Gasteiger partial charge in [0.2, 0.25) is 0 Å². The number of aromatic nitrogens is 3. The minimum absolute atomic E-state index is 0.680. The molecule has 4 aromatic rings. The topological polar surface area (TPSA) is 41.9 Å². The maximum absolute atomic E-state index is 6.20. The molecule has 0 fully saturated rings. The molecule has 0 radical (unpaired) electrons. The Balaban J connectivity index is 1.77. The number of hydrogen-bond acceptors (Lipinski definition) is 4. The van der Waals surface area contributed by atoms with Crippen LogP contribution in [0.25, 0.3) is 22.3 Å². The molecule has 0 saturated heterocycles. The lowest BCUT2D eigenvalue weighted by atomic mass is 10.1. The van der Waals surface area contributed by atoms with E-state index in [9.17, 15) is 0 Å². The Morgan fingerprint density at radius 2 is 2.00 bits per heavy atom. The number of aryl methyl sites for hydroxylation is 1. The summed E-state index contributed by atoms with van der Waals surface area (Å²) in [4.78, 5) is 16.3. The average molecular weight is 452 g/mol. The van der Waals surface area contributed by atoms with Gasteiger partial charge in [-0.25, -0.2) is 9.97 Å². The fourth-order valence-corrected chi connectivity index (χ4v) is 4.20. The molecule has 4 nitrogen and oxygen atoms in total. The fourth-order valence-electron chi connectivity index (χ4n) is 3.66. The number of fused-ring (bicyclic) bond motifs is 2. The largest absolute Gasteiger partial charge is 0.325 e. The zero-order valence-electron chi connectivity index (χ0n) is 15.2. The van der Waals surface area contributed by atoms with Crippen molar-refractivity contribution in [3.63, 3.8) is 0 Å². The van der Waals surface area contributed by atoms with Crippen molar-refractivity contribution in [1.29, 1.82) is 0 Å². The lowest BCUT2D eigenvalue weighted by molar-refractivity contribution is 0.976. The Hall–Kier alpha value is -2.50. The molecule has 6 heteroatoms. The smallest absolute Gasteiger partial charge is 0.163 e. The highest BCUT2D eigenvalue weighted by molar-refractivity contribution is 9.10. The van der Waals surface area contributed by atoms with Crippen LogP contribution in [0.4, 0.5) is 11.5 Å². The van der Waals surface area contributed by atoms with Crippen LogP contribution in [-0.4, -0.2) is 21.5 Å². The van der Waals surface area contributed by atoms with Crippen LogP contribution < -0.4 is 4.90 Å². The van der Waals surface area contributed by atoms with E-state index in [1.54, 1.807) is 12.4 Å². The summed E-state index contributed by atoms with van der Waals surface area (Å²) in [5, 5.41) is 1.79. The van der Waals surface area contributed by atoms with Gasteiger partial charge >= 0.3 is 0 Å². The van der Waals surface area contributed by atoms with E-state index in [4.69, 9.17) is 21.6 Å². The number of anilines is 2. The van der Waals surface area contributed by atoms with Crippen molar-refractivity contribution in [3.05, 3.63) is 75.5 Å². The van der Waals surface area contributed by atoms with Crippen LogP contribution in [0.1, 0.15) is 11.1 Å². The molecule has 1 aliphatic rings. The molecule has 0 atom stereocenters. The molecule has 2 aromatic heterocycles. The highest BCUT2D eigenvalue weighted by Gasteiger charge is 2.25. The third-order valence-corrected chi connectivity index (χ3v) is 6.16. The van der Waals surface area contributed by atoms with Gasteiger partial charge in [0, 0.05) is 45.1 Å². The second-order valence-corrected chi connectivity index (χ2v) is 8.20. The highest BCUT2D eigenvalue weighted by atomic mass is 79.9. The third kappa shape index (κ3) is 2.95. The van der Waals surface area contributed by atoms with Gasteiger partial charge in [0.25, 0.3) is 0 Å². The highest BCUT2D eigenvalue weighted by Crippen LogP contribution is 2.39. The van der Waals surface area contributed by atoms with E-state index in [2.05, 4.69) is 50.9 Å². The van der Waals surface area contributed by atoms with E-state index >= 15 is 0 Å². The van der Waals surface area contributed by atoms with Crippen molar-refractivity contribution in [2.75, 3.05) is 11.4 Å². The molecule has 0 aliphatic carbocycles. The van der Waals surface area contributed by atoms with E-state index in [1.807, 2.05) is 24.3 Å². The first kappa shape index (κ1) is 17.6. The molecule has 28 heavy (non-hydrogen) atoms. The zero-order valence-corrected chi connectivity index (χ0v) is 17.5. The van der Waals surface area contributed by atoms with Crippen molar-refractivity contribution in [2.24, 2.45) is 0 Å². The minimum Gasteiger partial charge on any atom is -0.325 e. The maximum Gasteiger partial charge on any atom is 0.163 e. The monoisotopic (exact) mass is 450 g/mol. The molecule has 1 aliphatic heterocycles. The van der Waals surface area contributed by atoms with E-state index in [0.29, 0.717) is 5.82 Å². The fraction of sp³-hybridized carbons (Fsp3) is 0.136. The molecule has 3 heterocycles. The normalized spacial score (nSPS) is 13.2. The summed E-state index contributed by atoms with van der Waals surface area (Å²) >= 11 is 9.86. The van der Waals surface area contributed by atoms with Gasteiger partial charge in [-0.05, 0) is 66.9 Å². The summed E-state index contributed by atoms with van der Waals surface area (Å²) in [6, 6.07) is 14.2. The number of rotatable bonds is 2. The minimum atomic E-state index is 0.680. The maximum atomic E-state index is 6.20. The van der Waals surface area contributed by atoms with Gasteiger partial charge in [0.05, 0.1) is 5.52 Å². The average Bonchev–Trinajstić information content (AvgIpc) is 3.11. The molecule has 0 N–H and O–H groups in total. The molecule has 0 spiro atoms. The van der Waals surface area contributed by atoms with Crippen molar-refractivity contribution >= 4 is 49.9 Å². The summed E-state index contributed by atoms with van der Waals surface area (Å²) in [6.07, 6.45) is 4.50. The number of benzene rings is 2. The SMILES string of the molecule is Cc1cc2nc(-c3cccnc3)nc(N3CCc4cc(Cl)ccc43)c2cc1Br. The van der Waals surface area contributed by atoms with Gasteiger partial charge in [0.15, 0.2) is 5.82 Å². The van der Waals surface area contributed by atoms with E-state index < -0.39 is 0 Å². The Labute approximate surface area is 176 Å². The zero-order chi connectivity index (χ0) is 19.3. The van der Waals surface area contributed by atoms with Crippen LogP contribution in [-0.2, 0) is 6.42 Å². The number of hydrogen-bond donors (Lipinski definition) is 0. The quantitative estimate of drug-likeness (QED) is 0.369. The van der Waals surface area contributed by atoms with Crippen LogP contribution >= 0.6 is 27.5 Å². The van der Waals surface area contributed by atoms with E-state index in [-0.39, 0.29) is 0 Å². The lowest BCUT2D eigenvalue weighted by Crippen LogP contribution is -2.16. The van der Waals surface area contributed by atoms with Gasteiger partial charge in [-0.15, -0.1) is 0 Å². The molecule has 138 valence electrons. The van der Waals surface area contributed by atoms with Crippen molar-refractivity contribution in [2.45, 2.75) is 13.3 Å². The molecule has 0 unspecified atom stereocenters. The molecule has 0 bridgehead atoms. The van der Waals surface area contributed by atoms with Crippen LogP contribution in [0.15, 0.2) is 59.3 Å². The predicted molar refractivity (Wildman–Crippen MR) is 117 cm³/mol. The molecule has 2 aromatic carbocycles. The van der Waals surface area contributed by atoms with Gasteiger partial charge in [-0.2, -0.15) is 0 Å². The van der Waals surface area contributed by atoms with E-state index in [0.717, 1.165) is 56.0 Å². The lowest BCUT2D eigenvalue weighted by Gasteiger charge is -2.21. The van der Waals surface area contributed by atoms with Crippen molar-refractivity contribution in [3.8, 4) is 11.4 Å². The number of nitrogens with zero attached hydrogens (tertiary/aromatic N) is 4. The molecule has 0 amide bonds. The second-order valence-electron chi connectivity index (χ2n) is 6.91. The predicted octanol–water partition coefficient (Wildman–Crippen LogP) is 6.11. The first-order valence-electron chi connectivity index (χ1n) is 9.04. The Morgan fingerprint density at radius 3 is 2.82 bits per heavy atom. The third-order valence-electron chi connectivity index (χ3n) is 5.07. The summed E-state index contributed by atoms with van der Waals surface area (Å²) in [5.74, 6) is 1.59. The summed E-state index contributed by atoms with van der Waals surface area (Å²) < 4.78 is 1.05. The van der Waals surface area contributed by atoms with Crippen LogP contribution in [0.5, 0.6) is 0 Å². The molecular weight excluding hydrogens is 436 g/mol. The number of pyridine rings is 1. The first-order chi connectivity index (χ1) is 13.6. The molecular formula is C22H16BrClN4. The van der Waals surface area contributed by atoms with Crippen LogP contribution in [0.2, 0.25) is 5.02 Å². The second kappa shape index (κ2) is 6.83. The van der Waals surface area contributed by atoms with Gasteiger partial charge in [-0.3, -0.25) is 4.98 Å². The molecule has 5 rings (SSSR count). The first-order valence-corrected chi connectivity index (χ1v) is 10.2. The summed E-state index contributed by atoms with van der Waals surface area (Å²) in [6.45, 7) is 2.93. The summed E-state index contributed by atoms with van der Waals surface area (Å²) in [7, 11) is 0. The van der Waals surface area contributed by atoms with E-state index in [1.165, 1.54) is 5.56 Å².